The number of hydrogen-bond donors (Lipinski definition) is 2. The maximum atomic E-state index is 13.0. The molecule has 1 heterocycles. The molecule has 198 valence electrons. The molecule has 0 saturated carbocycles. The van der Waals surface area contributed by atoms with E-state index < -0.39 is 27.4 Å². The molecule has 1 amide bonds. The summed E-state index contributed by atoms with van der Waals surface area (Å²) < 4.78 is 15.6. The molecule has 5 rings (SSSR count). The number of hydrogen-bond acceptors (Lipinski definition) is 4. The minimum atomic E-state index is -2.86. The molecule has 0 bridgehead atoms. The van der Waals surface area contributed by atoms with Gasteiger partial charge in [0.15, 0.2) is 0 Å². The monoisotopic (exact) mass is 653 g/mol. The predicted octanol–water partition coefficient (Wildman–Crippen LogP) is 6.21. The van der Waals surface area contributed by atoms with Crippen LogP contribution in [0.15, 0.2) is 110 Å². The van der Waals surface area contributed by atoms with Crippen LogP contribution in [0.25, 0.3) is 11.1 Å². The number of halogens is 1. The van der Waals surface area contributed by atoms with E-state index in [0.717, 1.165) is 22.4 Å². The second-order valence-corrected chi connectivity index (χ2v) is 16.4. The first-order chi connectivity index (χ1) is 19.4. The summed E-state index contributed by atoms with van der Waals surface area (Å²) in [7, 11) is 1.44. The van der Waals surface area contributed by atoms with Crippen molar-refractivity contribution in [1.29, 1.82) is 0 Å². The van der Waals surface area contributed by atoms with E-state index >= 15 is 0 Å². The molecular formula is C32H25ClInNO5. The molecule has 0 aromatic heterocycles. The van der Waals surface area contributed by atoms with Crippen molar-refractivity contribution in [3.05, 3.63) is 126 Å². The van der Waals surface area contributed by atoms with Crippen molar-refractivity contribution in [2.24, 2.45) is 0 Å². The first-order valence-corrected chi connectivity index (χ1v) is 18.4. The molecular weight excluding hydrogens is 629 g/mol. The van der Waals surface area contributed by atoms with Crippen molar-refractivity contribution < 1.29 is 24.2 Å². The molecule has 2 N–H and O–H groups in total. The molecule has 40 heavy (non-hydrogen) atoms. The molecule has 4 aromatic rings. The van der Waals surface area contributed by atoms with Gasteiger partial charge >= 0.3 is 199 Å². The Morgan fingerprint density at radius 1 is 0.925 bits per heavy atom. The van der Waals surface area contributed by atoms with Crippen LogP contribution in [0.5, 0.6) is 11.5 Å². The van der Waals surface area contributed by atoms with Crippen LogP contribution in [0.3, 0.4) is 0 Å². The number of carbonyl (C=O) groups excluding carboxylic acids is 1. The van der Waals surface area contributed by atoms with Crippen molar-refractivity contribution in [2.45, 2.75) is 6.61 Å². The SMILES string of the molecule is COc1cc(C(=O)O)[c]([In]2[CH]=CC(C(=O)Nc3ccc(-c4ccc(OCc5ccccc5)cc4)cc3)=[CH]2)cc1Cl. The van der Waals surface area contributed by atoms with Gasteiger partial charge < -0.3 is 4.74 Å². The Morgan fingerprint density at radius 2 is 1.60 bits per heavy atom. The molecule has 0 spiro atoms. The van der Waals surface area contributed by atoms with E-state index in [4.69, 9.17) is 21.1 Å². The van der Waals surface area contributed by atoms with Gasteiger partial charge in [0.1, 0.15) is 6.61 Å². The van der Waals surface area contributed by atoms with Gasteiger partial charge in [0.25, 0.3) is 0 Å². The van der Waals surface area contributed by atoms with Gasteiger partial charge in [-0.25, -0.2) is 0 Å². The number of nitrogens with one attached hydrogen (secondary N) is 1. The topological polar surface area (TPSA) is 84.9 Å². The molecule has 0 aliphatic carbocycles. The van der Waals surface area contributed by atoms with Gasteiger partial charge in [0, 0.05) is 0 Å². The second-order valence-electron chi connectivity index (χ2n) is 9.22. The molecule has 6 nitrogen and oxygen atoms in total. The van der Waals surface area contributed by atoms with Crippen LogP contribution in [0, 0.1) is 0 Å². The number of anilines is 1. The van der Waals surface area contributed by atoms with Crippen LogP contribution in [0.1, 0.15) is 15.9 Å². The molecule has 1 aliphatic heterocycles. The van der Waals surface area contributed by atoms with Crippen molar-refractivity contribution in [2.75, 3.05) is 12.4 Å². The Bertz CT molecular complexity index is 1600. The van der Waals surface area contributed by atoms with E-state index in [1.165, 1.54) is 13.2 Å². The van der Waals surface area contributed by atoms with Crippen molar-refractivity contribution in [3.63, 3.8) is 0 Å². The normalized spacial score (nSPS) is 12.2. The number of rotatable bonds is 9. The summed E-state index contributed by atoms with van der Waals surface area (Å²) in [5.41, 5.74) is 4.53. The number of ether oxygens (including phenoxy) is 2. The molecule has 1 aliphatic rings. The Morgan fingerprint density at radius 3 is 2.25 bits per heavy atom. The van der Waals surface area contributed by atoms with E-state index in [2.05, 4.69) is 5.32 Å². The Kier molecular flexibility index (Phi) is 8.63. The van der Waals surface area contributed by atoms with Gasteiger partial charge in [0.05, 0.1) is 0 Å². The van der Waals surface area contributed by atoms with E-state index in [1.54, 1.807) is 12.1 Å². The summed E-state index contributed by atoms with van der Waals surface area (Å²) >= 11 is 3.42. The first kappa shape index (κ1) is 27.6. The van der Waals surface area contributed by atoms with Gasteiger partial charge in [-0.2, -0.15) is 0 Å². The standard InChI is InChI=1S/C24H19NO2.C8H6ClO3.In/c1-3-18(2)24(26)25-22-13-9-20(10-14-22)21-11-15-23(16-12-21)27-17-19-7-5-4-6-8-19;1-12-7-4-5(8(10)11)2-3-6(7)9;/h1-16H,17H2,(H,25,26);3-4H,1H3,(H,10,11);. The number of carboxylic acids is 1. The number of aromatic carboxylic acids is 1. The summed E-state index contributed by atoms with van der Waals surface area (Å²) in [4.78, 5) is 24.8. The fraction of sp³-hybridized carbons (Fsp3) is 0.0625. The zero-order valence-corrected chi connectivity index (χ0v) is 25.7. The molecule has 4 aromatic carbocycles. The van der Waals surface area contributed by atoms with E-state index in [9.17, 15) is 14.7 Å². The number of carbonyl (C=O) groups is 2. The Balaban J connectivity index is 1.22. The summed E-state index contributed by atoms with van der Waals surface area (Å²) in [6.07, 6.45) is 1.77. The van der Waals surface area contributed by atoms with Crippen LogP contribution >= 0.6 is 11.6 Å². The summed E-state index contributed by atoms with van der Waals surface area (Å²) in [6.45, 7) is 0.513. The molecule has 0 radical (unpaired) electrons. The second kappa shape index (κ2) is 12.5. The quantitative estimate of drug-likeness (QED) is 0.225. The maximum absolute atomic E-state index is 13.0. The van der Waals surface area contributed by atoms with Crippen molar-refractivity contribution >= 4 is 53.9 Å². The summed E-state index contributed by atoms with van der Waals surface area (Å²) in [5.74, 6) is -0.172. The zero-order chi connectivity index (χ0) is 28.1. The van der Waals surface area contributed by atoms with Crippen molar-refractivity contribution in [1.82, 2.24) is 0 Å². The van der Waals surface area contributed by atoms with Crippen LogP contribution < -0.4 is 18.1 Å². The van der Waals surface area contributed by atoms with Gasteiger partial charge in [-0.1, -0.05) is 30.3 Å². The van der Waals surface area contributed by atoms with Gasteiger partial charge in [-0.15, -0.1) is 0 Å². The van der Waals surface area contributed by atoms with Crippen molar-refractivity contribution in [3.8, 4) is 22.6 Å². The molecule has 0 fully saturated rings. The third-order valence-electron chi connectivity index (χ3n) is 6.60. The van der Waals surface area contributed by atoms with Crippen LogP contribution in [-0.4, -0.2) is 45.5 Å². The van der Waals surface area contributed by atoms with Crippen LogP contribution in [0.4, 0.5) is 5.69 Å². The minimum absolute atomic E-state index is 0.163. The first-order valence-electron chi connectivity index (χ1n) is 12.6. The summed E-state index contributed by atoms with van der Waals surface area (Å²) in [5, 5.41) is 13.0. The Hall–Kier alpha value is -3.94. The third kappa shape index (κ3) is 6.43. The number of amides is 1. The van der Waals surface area contributed by atoms with Gasteiger partial charge in [-0.05, 0) is 5.56 Å². The van der Waals surface area contributed by atoms with Gasteiger partial charge in [0.2, 0.25) is 0 Å². The molecule has 0 saturated heterocycles. The number of methoxy groups -OCH3 is 1. The fourth-order valence-corrected chi connectivity index (χ4v) is 12.1. The van der Waals surface area contributed by atoms with E-state index in [1.807, 2.05) is 86.5 Å². The predicted molar refractivity (Wildman–Crippen MR) is 159 cm³/mol. The van der Waals surface area contributed by atoms with Crippen LogP contribution in [0.2, 0.25) is 5.02 Å². The van der Waals surface area contributed by atoms with Gasteiger partial charge in [-0.3, -0.25) is 0 Å². The Labute approximate surface area is 245 Å². The molecule has 0 atom stereocenters. The average Bonchev–Trinajstić information content (AvgIpc) is 3.48. The fourth-order valence-electron chi connectivity index (χ4n) is 4.48. The van der Waals surface area contributed by atoms with E-state index in [0.29, 0.717) is 32.0 Å². The zero-order valence-electron chi connectivity index (χ0n) is 21.6. The average molecular weight is 654 g/mol. The van der Waals surface area contributed by atoms with Crippen LogP contribution in [-0.2, 0) is 11.4 Å². The number of benzene rings is 4. The summed E-state index contributed by atoms with van der Waals surface area (Å²) in [6, 6.07) is 28.7. The van der Waals surface area contributed by atoms with E-state index in [-0.39, 0.29) is 11.5 Å². The number of carboxylic acid groups (broad SMARTS) is 1. The third-order valence-corrected chi connectivity index (χ3v) is 14.1. The molecule has 8 heteroatoms. The molecule has 0 unspecified atom stereocenters.